The van der Waals surface area contributed by atoms with Gasteiger partial charge in [-0.3, -0.25) is 14.6 Å². The predicted molar refractivity (Wildman–Crippen MR) is 98.7 cm³/mol. The van der Waals surface area contributed by atoms with Gasteiger partial charge < -0.3 is 20.1 Å². The Morgan fingerprint density at radius 2 is 2.11 bits per heavy atom. The first-order valence-corrected chi connectivity index (χ1v) is 8.34. The van der Waals surface area contributed by atoms with Crippen molar-refractivity contribution in [1.29, 1.82) is 0 Å². The maximum Gasteiger partial charge on any atom is 0.294 e. The van der Waals surface area contributed by atoms with Gasteiger partial charge in [-0.05, 0) is 30.2 Å². The molecule has 28 heavy (non-hydrogen) atoms. The molecule has 3 rings (SSSR count). The van der Waals surface area contributed by atoms with Crippen molar-refractivity contribution in [2.24, 2.45) is 0 Å². The van der Waals surface area contributed by atoms with Crippen LogP contribution >= 0.6 is 0 Å². The van der Waals surface area contributed by atoms with Crippen LogP contribution in [-0.2, 0) is 6.42 Å². The molecule has 0 saturated heterocycles. The number of rotatable bonds is 6. The van der Waals surface area contributed by atoms with Crippen molar-refractivity contribution in [1.82, 2.24) is 20.3 Å². The summed E-state index contributed by atoms with van der Waals surface area (Å²) in [6.45, 7) is 0.197. The minimum Gasteiger partial charge on any atom is -0.501 e. The first-order chi connectivity index (χ1) is 13.5. The summed E-state index contributed by atoms with van der Waals surface area (Å²) in [6, 6.07) is 7.40. The van der Waals surface area contributed by atoms with Gasteiger partial charge in [-0.25, -0.2) is 9.37 Å². The zero-order valence-electron chi connectivity index (χ0n) is 14.9. The lowest BCUT2D eigenvalue weighted by molar-refractivity contribution is 0.0945. The van der Waals surface area contributed by atoms with Crippen molar-refractivity contribution >= 4 is 5.91 Å². The molecular formula is C19H17FN4O4. The van der Waals surface area contributed by atoms with Crippen molar-refractivity contribution in [2.75, 3.05) is 13.7 Å². The van der Waals surface area contributed by atoms with Crippen LogP contribution in [0.4, 0.5) is 4.39 Å². The standard InChI is InChI=1S/C19H17FN4O4/c1-28-14-10-21-8-6-11(14)7-9-22-18(26)15-16(25)19(27)24-17(23-15)12-4-2-3-5-13(12)20/h2-6,8,10,25H,7,9H2,1H3,(H,22,26)(H,23,24,27). The van der Waals surface area contributed by atoms with E-state index in [9.17, 15) is 19.1 Å². The Morgan fingerprint density at radius 3 is 2.86 bits per heavy atom. The highest BCUT2D eigenvalue weighted by Crippen LogP contribution is 2.20. The van der Waals surface area contributed by atoms with Crippen molar-refractivity contribution in [3.05, 3.63) is 70.2 Å². The Balaban J connectivity index is 1.80. The van der Waals surface area contributed by atoms with E-state index in [0.29, 0.717) is 12.2 Å². The molecule has 0 fully saturated rings. The second-order valence-electron chi connectivity index (χ2n) is 5.79. The van der Waals surface area contributed by atoms with Gasteiger partial charge in [0.2, 0.25) is 5.75 Å². The minimum atomic E-state index is -0.936. The fourth-order valence-corrected chi connectivity index (χ4v) is 2.60. The second-order valence-corrected chi connectivity index (χ2v) is 5.79. The topological polar surface area (TPSA) is 117 Å². The van der Waals surface area contributed by atoms with Crippen molar-refractivity contribution in [2.45, 2.75) is 6.42 Å². The summed E-state index contributed by atoms with van der Waals surface area (Å²) in [5.41, 5.74) is -0.582. The summed E-state index contributed by atoms with van der Waals surface area (Å²) in [6.07, 6.45) is 3.59. The highest BCUT2D eigenvalue weighted by Gasteiger charge is 2.19. The van der Waals surface area contributed by atoms with Crippen LogP contribution < -0.4 is 15.6 Å². The molecule has 1 aromatic carbocycles. The molecule has 3 aromatic rings. The molecule has 0 aliphatic heterocycles. The van der Waals surface area contributed by atoms with E-state index in [1.54, 1.807) is 24.5 Å². The minimum absolute atomic E-state index is 0.00942. The van der Waals surface area contributed by atoms with Gasteiger partial charge in [0, 0.05) is 12.7 Å². The van der Waals surface area contributed by atoms with Gasteiger partial charge >= 0.3 is 0 Å². The molecule has 144 valence electrons. The molecule has 0 aliphatic carbocycles. The molecule has 0 atom stereocenters. The van der Waals surface area contributed by atoms with Crippen LogP contribution in [0.1, 0.15) is 16.1 Å². The number of benzene rings is 1. The highest BCUT2D eigenvalue weighted by atomic mass is 19.1. The van der Waals surface area contributed by atoms with E-state index in [0.717, 1.165) is 5.56 Å². The summed E-state index contributed by atoms with van der Waals surface area (Å²) >= 11 is 0. The van der Waals surface area contributed by atoms with E-state index in [2.05, 4.69) is 20.3 Å². The van der Waals surface area contributed by atoms with Gasteiger partial charge in [-0.1, -0.05) is 12.1 Å². The predicted octanol–water partition coefficient (Wildman–Crippen LogP) is 1.66. The molecule has 0 spiro atoms. The van der Waals surface area contributed by atoms with E-state index in [-0.39, 0.29) is 17.9 Å². The molecule has 2 heterocycles. The number of aromatic nitrogens is 3. The number of methoxy groups -OCH3 is 1. The Morgan fingerprint density at radius 1 is 1.32 bits per heavy atom. The molecule has 0 aliphatic rings. The summed E-state index contributed by atoms with van der Waals surface area (Å²) in [7, 11) is 1.52. The number of amides is 1. The average molecular weight is 384 g/mol. The van der Waals surface area contributed by atoms with Crippen LogP contribution in [0.3, 0.4) is 0 Å². The van der Waals surface area contributed by atoms with Crippen LogP contribution in [-0.4, -0.2) is 39.6 Å². The number of H-pyrrole nitrogens is 1. The van der Waals surface area contributed by atoms with Gasteiger partial charge in [0.25, 0.3) is 11.5 Å². The van der Waals surface area contributed by atoms with Gasteiger partial charge in [0.05, 0.1) is 18.9 Å². The number of aromatic amines is 1. The first-order valence-electron chi connectivity index (χ1n) is 8.34. The summed E-state index contributed by atoms with van der Waals surface area (Å²) in [5, 5.41) is 12.5. The molecule has 0 radical (unpaired) electrons. The number of pyridine rings is 1. The van der Waals surface area contributed by atoms with Gasteiger partial charge in [0.15, 0.2) is 5.69 Å². The monoisotopic (exact) mass is 384 g/mol. The number of aromatic hydroxyl groups is 1. The smallest absolute Gasteiger partial charge is 0.294 e. The number of hydrogen-bond acceptors (Lipinski definition) is 6. The van der Waals surface area contributed by atoms with E-state index >= 15 is 0 Å². The molecule has 1 amide bonds. The lowest BCUT2D eigenvalue weighted by Crippen LogP contribution is -2.28. The van der Waals surface area contributed by atoms with Crippen molar-refractivity contribution in [3.8, 4) is 22.9 Å². The summed E-state index contributed by atoms with van der Waals surface area (Å²) < 4.78 is 19.1. The Kier molecular flexibility index (Phi) is 5.64. The van der Waals surface area contributed by atoms with Crippen LogP contribution in [0, 0.1) is 5.82 Å². The molecule has 0 bridgehead atoms. The molecule has 8 nitrogen and oxygen atoms in total. The maximum absolute atomic E-state index is 14.0. The molecule has 9 heteroatoms. The largest absolute Gasteiger partial charge is 0.501 e. The van der Waals surface area contributed by atoms with E-state index < -0.39 is 28.7 Å². The lowest BCUT2D eigenvalue weighted by Gasteiger charge is -2.10. The second kappa shape index (κ2) is 8.30. The lowest BCUT2D eigenvalue weighted by atomic mass is 10.1. The van der Waals surface area contributed by atoms with E-state index in [1.807, 2.05) is 0 Å². The van der Waals surface area contributed by atoms with E-state index in [1.165, 1.54) is 25.3 Å². The summed E-state index contributed by atoms with van der Waals surface area (Å²) in [5.74, 6) is -1.78. The Bertz CT molecular complexity index is 1070. The number of hydrogen-bond donors (Lipinski definition) is 3. The fourth-order valence-electron chi connectivity index (χ4n) is 2.60. The molecule has 0 saturated carbocycles. The number of ether oxygens (including phenoxy) is 1. The zero-order valence-corrected chi connectivity index (χ0v) is 14.9. The maximum atomic E-state index is 14.0. The van der Waals surface area contributed by atoms with Crippen LogP contribution in [0.5, 0.6) is 11.5 Å². The number of nitrogens with one attached hydrogen (secondary N) is 2. The number of nitrogens with zero attached hydrogens (tertiary/aromatic N) is 2. The third-order valence-corrected chi connectivity index (χ3v) is 4.01. The van der Waals surface area contributed by atoms with Gasteiger partial charge in [0.1, 0.15) is 17.4 Å². The third kappa shape index (κ3) is 3.98. The summed E-state index contributed by atoms with van der Waals surface area (Å²) in [4.78, 5) is 34.5. The Labute approximate surface area is 159 Å². The van der Waals surface area contributed by atoms with Crippen LogP contribution in [0.2, 0.25) is 0 Å². The SMILES string of the molecule is COc1cnccc1CCNC(=O)c1nc(-c2ccccc2F)[nH]c(=O)c1O. The van der Waals surface area contributed by atoms with E-state index in [4.69, 9.17) is 4.74 Å². The van der Waals surface area contributed by atoms with Crippen molar-refractivity contribution in [3.63, 3.8) is 0 Å². The fraction of sp³-hybridized carbons (Fsp3) is 0.158. The molecule has 0 unspecified atom stereocenters. The number of carbonyl (C=O) groups excluding carboxylic acids is 1. The first kappa shape index (κ1) is 19.0. The zero-order chi connectivity index (χ0) is 20.1. The Hall–Kier alpha value is -3.75. The van der Waals surface area contributed by atoms with Crippen LogP contribution in [0.25, 0.3) is 11.4 Å². The molecule has 3 N–H and O–H groups in total. The normalized spacial score (nSPS) is 10.5. The third-order valence-electron chi connectivity index (χ3n) is 4.01. The highest BCUT2D eigenvalue weighted by molar-refractivity contribution is 5.95. The van der Waals surface area contributed by atoms with Crippen LogP contribution in [0.15, 0.2) is 47.5 Å². The van der Waals surface area contributed by atoms with Gasteiger partial charge in [-0.2, -0.15) is 0 Å². The number of halogens is 1. The molecular weight excluding hydrogens is 367 g/mol. The average Bonchev–Trinajstić information content (AvgIpc) is 2.70. The number of carbonyl (C=O) groups is 1. The van der Waals surface area contributed by atoms with Gasteiger partial charge in [-0.15, -0.1) is 0 Å². The quantitative estimate of drug-likeness (QED) is 0.595. The van der Waals surface area contributed by atoms with Crippen molar-refractivity contribution < 1.29 is 19.0 Å². The molecule has 2 aromatic heterocycles.